The fraction of sp³-hybridized carbons (Fsp3) is 0.476. The van der Waals surface area contributed by atoms with Crippen molar-refractivity contribution < 1.29 is 33.8 Å². The van der Waals surface area contributed by atoms with Crippen molar-refractivity contribution in [3.63, 3.8) is 0 Å². The molecule has 1 aromatic rings. The smallest absolute Gasteiger partial charge is 0.412 e. The molecule has 11 nitrogen and oxygen atoms in total. The lowest BCUT2D eigenvalue weighted by molar-refractivity contribution is -0.193. The Morgan fingerprint density at radius 3 is 2.31 bits per heavy atom. The Morgan fingerprint density at radius 2 is 1.78 bits per heavy atom. The minimum atomic E-state index is -2.76. The number of carboxylic acid groups (broad SMARTS) is 1. The van der Waals surface area contributed by atoms with Crippen LogP contribution in [0.25, 0.3) is 0 Å². The van der Waals surface area contributed by atoms with Crippen molar-refractivity contribution in [2.75, 3.05) is 19.7 Å². The largest absolute Gasteiger partial charge is 0.477 e. The van der Waals surface area contributed by atoms with Gasteiger partial charge in [0.05, 0.1) is 6.61 Å². The molecular formula is C21H28N4O7. The summed E-state index contributed by atoms with van der Waals surface area (Å²) in [6, 6.07) is 7.79. The van der Waals surface area contributed by atoms with E-state index in [1.165, 1.54) is 19.1 Å². The molecule has 0 spiro atoms. The van der Waals surface area contributed by atoms with Gasteiger partial charge in [-0.15, -0.1) is 0 Å². The highest BCUT2D eigenvalue weighted by Crippen LogP contribution is 2.31. The van der Waals surface area contributed by atoms with E-state index in [9.17, 15) is 24.3 Å². The van der Waals surface area contributed by atoms with Crippen LogP contribution in [0.5, 0.6) is 0 Å². The third-order valence-corrected chi connectivity index (χ3v) is 5.06. The van der Waals surface area contributed by atoms with Crippen molar-refractivity contribution in [3.8, 4) is 0 Å². The second kappa shape index (κ2) is 10.8. The first-order valence-electron chi connectivity index (χ1n) is 10.3. The first-order valence-corrected chi connectivity index (χ1v) is 10.3. The molecule has 11 heteroatoms. The molecule has 32 heavy (non-hydrogen) atoms. The fourth-order valence-electron chi connectivity index (χ4n) is 3.35. The van der Waals surface area contributed by atoms with E-state index in [0.717, 1.165) is 0 Å². The van der Waals surface area contributed by atoms with E-state index in [4.69, 9.17) is 14.9 Å². The van der Waals surface area contributed by atoms with Gasteiger partial charge in [0.1, 0.15) is 11.4 Å². The van der Waals surface area contributed by atoms with Gasteiger partial charge in [0, 0.05) is 12.0 Å². The zero-order valence-corrected chi connectivity index (χ0v) is 18.0. The van der Waals surface area contributed by atoms with Crippen LogP contribution in [0.15, 0.2) is 30.3 Å². The lowest BCUT2D eigenvalue weighted by atomic mass is 9.89. The molecule has 5 N–H and O–H groups in total. The second-order valence-corrected chi connectivity index (χ2v) is 7.15. The average molecular weight is 448 g/mol. The number of carboxylic acids is 1. The van der Waals surface area contributed by atoms with Crippen LogP contribution in [-0.4, -0.2) is 65.7 Å². The van der Waals surface area contributed by atoms with Crippen LogP contribution in [0.3, 0.4) is 0 Å². The van der Waals surface area contributed by atoms with E-state index in [1.54, 1.807) is 25.1 Å². The van der Waals surface area contributed by atoms with Crippen LogP contribution < -0.4 is 16.0 Å². The first-order chi connectivity index (χ1) is 15.2. The summed E-state index contributed by atoms with van der Waals surface area (Å²) in [6.07, 6.45) is -1.01. The minimum Gasteiger partial charge on any atom is -0.477 e. The average Bonchev–Trinajstić information content (AvgIpc) is 2.79. The molecule has 0 aromatic heterocycles. The predicted molar refractivity (Wildman–Crippen MR) is 113 cm³/mol. The van der Waals surface area contributed by atoms with Crippen molar-refractivity contribution in [1.82, 2.24) is 16.0 Å². The van der Waals surface area contributed by atoms with Crippen molar-refractivity contribution in [2.45, 2.75) is 44.4 Å². The molecule has 1 aliphatic rings. The van der Waals surface area contributed by atoms with Crippen molar-refractivity contribution in [3.05, 3.63) is 35.9 Å². The molecule has 0 radical (unpaired) electrons. The fourth-order valence-corrected chi connectivity index (χ4v) is 3.35. The Bertz CT molecular complexity index is 868. The first kappa shape index (κ1) is 25.0. The van der Waals surface area contributed by atoms with Gasteiger partial charge in [0.2, 0.25) is 0 Å². The topological polar surface area (TPSA) is 167 Å². The molecular weight excluding hydrogens is 420 g/mol. The summed E-state index contributed by atoms with van der Waals surface area (Å²) in [4.78, 5) is 50.0. The Kier molecular flexibility index (Phi) is 8.44. The summed E-state index contributed by atoms with van der Waals surface area (Å²) < 4.78 is 10.7. The summed E-state index contributed by atoms with van der Waals surface area (Å²) in [7, 11) is 0. The van der Waals surface area contributed by atoms with E-state index in [2.05, 4.69) is 16.0 Å². The zero-order valence-electron chi connectivity index (χ0n) is 18.0. The SMILES string of the molecule is CCOC(=O)NC(=N)C1(OC(NC(=O)c2ccccc2)(C(=O)O)C(=O)CC)CCNCC1. The van der Waals surface area contributed by atoms with Crippen LogP contribution in [0.4, 0.5) is 4.79 Å². The van der Waals surface area contributed by atoms with E-state index in [0.29, 0.717) is 13.1 Å². The summed E-state index contributed by atoms with van der Waals surface area (Å²) in [5.74, 6) is -3.92. The Hall–Kier alpha value is -3.31. The number of ketones is 1. The summed E-state index contributed by atoms with van der Waals surface area (Å²) in [5.41, 5.74) is -4.29. The van der Waals surface area contributed by atoms with Gasteiger partial charge in [-0.2, -0.15) is 0 Å². The molecule has 0 bridgehead atoms. The predicted octanol–water partition coefficient (Wildman–Crippen LogP) is 1.04. The van der Waals surface area contributed by atoms with Crippen LogP contribution in [-0.2, 0) is 19.1 Å². The maximum absolute atomic E-state index is 12.9. The molecule has 1 aromatic carbocycles. The summed E-state index contributed by atoms with van der Waals surface area (Å²) >= 11 is 0. The highest BCUT2D eigenvalue weighted by Gasteiger charge is 2.55. The Balaban J connectivity index is 2.47. The number of Topliss-reactive ketones (excluding diaryl/α,β-unsaturated/α-hetero) is 1. The molecule has 2 amide bonds. The molecule has 0 saturated carbocycles. The molecule has 0 aliphatic carbocycles. The molecule has 1 fully saturated rings. The summed E-state index contributed by atoms with van der Waals surface area (Å²) in [6.45, 7) is 3.75. The van der Waals surface area contributed by atoms with Crippen LogP contribution >= 0.6 is 0 Å². The molecule has 1 saturated heterocycles. The molecule has 1 aliphatic heterocycles. The maximum atomic E-state index is 12.9. The standard InChI is InChI=1S/C21H28N4O7/c1-3-15(26)21(18(28)29,25-16(27)14-8-6-5-7-9-14)32-20(10-12-23-13-11-20)17(22)24-19(30)31-4-2/h5-9,23H,3-4,10-13H2,1-2H3,(H,25,27)(H,28,29)(H2,22,24,30). The third-order valence-electron chi connectivity index (χ3n) is 5.06. The van der Waals surface area contributed by atoms with Crippen molar-refractivity contribution >= 4 is 29.6 Å². The highest BCUT2D eigenvalue weighted by atomic mass is 16.6. The number of aliphatic carboxylic acids is 1. The number of rotatable bonds is 9. The number of carbonyl (C=O) groups excluding carboxylic acids is 3. The number of benzene rings is 1. The lowest BCUT2D eigenvalue weighted by Gasteiger charge is -2.43. The monoisotopic (exact) mass is 448 g/mol. The Labute approximate surface area is 185 Å². The van der Waals surface area contributed by atoms with Gasteiger partial charge in [-0.05, 0) is 45.0 Å². The number of amidine groups is 1. The number of amides is 2. The number of carbonyl (C=O) groups is 4. The normalized spacial score (nSPS) is 16.8. The van der Waals surface area contributed by atoms with Crippen LogP contribution in [0.1, 0.15) is 43.5 Å². The number of nitrogens with one attached hydrogen (secondary N) is 4. The van der Waals surface area contributed by atoms with E-state index in [1.807, 2.05) is 0 Å². The van der Waals surface area contributed by atoms with Gasteiger partial charge < -0.3 is 25.2 Å². The lowest BCUT2D eigenvalue weighted by Crippen LogP contribution is -2.69. The zero-order chi connectivity index (χ0) is 23.8. The van der Waals surface area contributed by atoms with Gasteiger partial charge in [-0.25, -0.2) is 9.59 Å². The van der Waals surface area contributed by atoms with E-state index >= 15 is 0 Å². The second-order valence-electron chi connectivity index (χ2n) is 7.15. The Morgan fingerprint density at radius 1 is 1.16 bits per heavy atom. The highest BCUT2D eigenvalue weighted by molar-refractivity contribution is 6.11. The molecule has 174 valence electrons. The molecule has 1 atom stereocenters. The van der Waals surface area contributed by atoms with Gasteiger partial charge in [0.25, 0.3) is 5.91 Å². The van der Waals surface area contributed by atoms with Crippen molar-refractivity contribution in [2.24, 2.45) is 0 Å². The molecule has 2 rings (SSSR count). The van der Waals surface area contributed by atoms with E-state index < -0.39 is 40.9 Å². The van der Waals surface area contributed by atoms with Crippen LogP contribution in [0, 0.1) is 5.41 Å². The summed E-state index contributed by atoms with van der Waals surface area (Å²) in [5, 5.41) is 26.0. The van der Waals surface area contributed by atoms with Gasteiger partial charge in [0.15, 0.2) is 5.78 Å². The van der Waals surface area contributed by atoms with Gasteiger partial charge >= 0.3 is 17.8 Å². The van der Waals surface area contributed by atoms with Crippen LogP contribution in [0.2, 0.25) is 0 Å². The van der Waals surface area contributed by atoms with Gasteiger partial charge in [-0.3, -0.25) is 20.3 Å². The van der Waals surface area contributed by atoms with E-state index in [-0.39, 0.29) is 31.4 Å². The quantitative estimate of drug-likeness (QED) is 0.162. The molecule has 1 unspecified atom stereocenters. The number of hydrogen-bond donors (Lipinski definition) is 5. The maximum Gasteiger partial charge on any atom is 0.412 e. The number of ether oxygens (including phenoxy) is 2. The van der Waals surface area contributed by atoms with Gasteiger partial charge in [-0.1, -0.05) is 25.1 Å². The number of alkyl carbamates (subject to hydrolysis) is 1. The number of piperidine rings is 1. The minimum absolute atomic E-state index is 0.0645. The third kappa shape index (κ3) is 5.48. The molecule has 1 heterocycles. The number of hydrogen-bond acceptors (Lipinski definition) is 8. The van der Waals surface area contributed by atoms with Crippen molar-refractivity contribution in [1.29, 1.82) is 5.41 Å².